The summed E-state index contributed by atoms with van der Waals surface area (Å²) in [5, 5.41) is 9.61. The number of nitrogens with one attached hydrogen (secondary N) is 2. The van der Waals surface area contributed by atoms with Gasteiger partial charge in [-0.3, -0.25) is 9.59 Å². The zero-order valence-electron chi connectivity index (χ0n) is 8.02. The average Bonchev–Trinajstić information content (AvgIpc) is 2.49. The van der Waals surface area contributed by atoms with Crippen molar-refractivity contribution in [3.05, 3.63) is 0 Å². The molecule has 4 N–H and O–H groups in total. The molecule has 8 heteroatoms. The molecule has 0 saturated carbocycles. The second-order valence-corrected chi connectivity index (χ2v) is 5.05. The van der Waals surface area contributed by atoms with Gasteiger partial charge < -0.3 is 10.6 Å². The van der Waals surface area contributed by atoms with Crippen LogP contribution in [0.25, 0.3) is 0 Å². The monoisotopic (exact) mass is 235 g/mol. The van der Waals surface area contributed by atoms with Crippen LogP contribution in [0.1, 0.15) is 12.8 Å². The molecule has 2 amide bonds. The lowest BCUT2D eigenvalue weighted by Gasteiger charge is -2.09. The van der Waals surface area contributed by atoms with Crippen molar-refractivity contribution in [1.29, 1.82) is 0 Å². The first-order chi connectivity index (χ1) is 6.88. The highest BCUT2D eigenvalue weighted by molar-refractivity contribution is 7.89. The van der Waals surface area contributed by atoms with Crippen molar-refractivity contribution in [2.75, 3.05) is 12.3 Å². The summed E-state index contributed by atoms with van der Waals surface area (Å²) in [6.45, 7) is -0.0377. The van der Waals surface area contributed by atoms with Crippen molar-refractivity contribution >= 4 is 21.8 Å². The molecule has 0 aromatic rings. The number of primary sulfonamides is 1. The van der Waals surface area contributed by atoms with E-state index in [-0.39, 0.29) is 24.1 Å². The number of rotatable bonds is 4. The number of nitrogens with two attached hydrogens (primary N) is 1. The van der Waals surface area contributed by atoms with Crippen LogP contribution in [0, 0.1) is 0 Å². The van der Waals surface area contributed by atoms with Gasteiger partial charge in [-0.15, -0.1) is 0 Å². The minimum absolute atomic E-state index is 0.0377. The van der Waals surface area contributed by atoms with Gasteiger partial charge in [0.15, 0.2) is 0 Å². The van der Waals surface area contributed by atoms with E-state index in [1.807, 2.05) is 0 Å². The van der Waals surface area contributed by atoms with Crippen LogP contribution >= 0.6 is 0 Å². The van der Waals surface area contributed by atoms with Crippen molar-refractivity contribution in [2.24, 2.45) is 5.14 Å². The largest absolute Gasteiger partial charge is 0.353 e. The highest BCUT2D eigenvalue weighted by Crippen LogP contribution is 2.05. The van der Waals surface area contributed by atoms with E-state index in [0.717, 1.165) is 0 Å². The summed E-state index contributed by atoms with van der Waals surface area (Å²) in [4.78, 5) is 22.1. The zero-order chi connectivity index (χ0) is 11.5. The molecule has 1 unspecified atom stereocenters. The van der Waals surface area contributed by atoms with Gasteiger partial charge in [-0.2, -0.15) is 0 Å². The van der Waals surface area contributed by atoms with Crippen LogP contribution in [-0.4, -0.2) is 38.6 Å². The van der Waals surface area contributed by atoms with Gasteiger partial charge in [-0.25, -0.2) is 13.6 Å². The van der Waals surface area contributed by atoms with Crippen molar-refractivity contribution in [3.63, 3.8) is 0 Å². The molecule has 1 aliphatic heterocycles. The molecule has 1 fully saturated rings. The van der Waals surface area contributed by atoms with E-state index in [9.17, 15) is 18.0 Å². The van der Waals surface area contributed by atoms with E-state index in [1.165, 1.54) is 0 Å². The maximum Gasteiger partial charge on any atom is 0.242 e. The van der Waals surface area contributed by atoms with Crippen molar-refractivity contribution < 1.29 is 18.0 Å². The Morgan fingerprint density at radius 1 is 1.60 bits per heavy atom. The van der Waals surface area contributed by atoms with Crippen molar-refractivity contribution in [2.45, 2.75) is 18.9 Å². The van der Waals surface area contributed by atoms with E-state index in [0.29, 0.717) is 12.8 Å². The Bertz CT molecular complexity index is 364. The zero-order valence-corrected chi connectivity index (χ0v) is 8.84. The highest BCUT2D eigenvalue weighted by Gasteiger charge is 2.26. The lowest BCUT2D eigenvalue weighted by Crippen LogP contribution is -2.43. The third-order valence-electron chi connectivity index (χ3n) is 2.00. The Morgan fingerprint density at radius 2 is 2.27 bits per heavy atom. The molecule has 0 spiro atoms. The molecule has 1 atom stereocenters. The minimum Gasteiger partial charge on any atom is -0.353 e. The Morgan fingerprint density at radius 3 is 2.73 bits per heavy atom. The fraction of sp³-hybridized carbons (Fsp3) is 0.714. The van der Waals surface area contributed by atoms with Crippen LogP contribution in [0.3, 0.4) is 0 Å². The lowest BCUT2D eigenvalue weighted by atomic mass is 10.2. The van der Waals surface area contributed by atoms with Gasteiger partial charge in [-0.05, 0) is 6.42 Å². The van der Waals surface area contributed by atoms with E-state index in [2.05, 4.69) is 10.6 Å². The molecular formula is C7H13N3O4S. The van der Waals surface area contributed by atoms with Crippen molar-refractivity contribution in [1.82, 2.24) is 10.6 Å². The molecule has 1 rings (SSSR count). The first-order valence-corrected chi connectivity index (χ1v) is 6.17. The highest BCUT2D eigenvalue weighted by atomic mass is 32.2. The fourth-order valence-corrected chi connectivity index (χ4v) is 1.64. The Balaban J connectivity index is 2.28. The van der Waals surface area contributed by atoms with Crippen LogP contribution in [0.4, 0.5) is 0 Å². The first kappa shape index (κ1) is 11.9. The van der Waals surface area contributed by atoms with Gasteiger partial charge in [0.25, 0.3) is 0 Å². The number of carbonyl (C=O) groups excluding carboxylic acids is 2. The summed E-state index contributed by atoms with van der Waals surface area (Å²) in [5.74, 6) is -0.842. The third kappa shape index (κ3) is 4.26. The van der Waals surface area contributed by atoms with Gasteiger partial charge in [0.1, 0.15) is 6.04 Å². The predicted molar refractivity (Wildman–Crippen MR) is 52.1 cm³/mol. The van der Waals surface area contributed by atoms with E-state index < -0.39 is 16.1 Å². The molecule has 7 nitrogen and oxygen atoms in total. The van der Waals surface area contributed by atoms with Gasteiger partial charge >= 0.3 is 0 Å². The van der Waals surface area contributed by atoms with Crippen LogP contribution in [0.5, 0.6) is 0 Å². The molecule has 0 aromatic carbocycles. The molecule has 15 heavy (non-hydrogen) atoms. The Labute approximate surface area is 87.4 Å². The maximum absolute atomic E-state index is 11.3. The SMILES string of the molecule is NS(=O)(=O)CCNC(=O)C1CCC(=O)N1. The molecule has 0 radical (unpaired) electrons. The van der Waals surface area contributed by atoms with Crippen LogP contribution in [0.15, 0.2) is 0 Å². The number of amides is 2. The van der Waals surface area contributed by atoms with E-state index >= 15 is 0 Å². The molecule has 0 bridgehead atoms. The minimum atomic E-state index is -3.56. The van der Waals surface area contributed by atoms with Gasteiger partial charge in [0, 0.05) is 13.0 Å². The maximum atomic E-state index is 11.3. The smallest absolute Gasteiger partial charge is 0.242 e. The summed E-state index contributed by atoms with van der Waals surface area (Å²) in [5.41, 5.74) is 0. The summed E-state index contributed by atoms with van der Waals surface area (Å²) in [7, 11) is -3.56. The van der Waals surface area contributed by atoms with Crippen LogP contribution in [0.2, 0.25) is 0 Å². The van der Waals surface area contributed by atoms with Crippen LogP contribution in [-0.2, 0) is 19.6 Å². The van der Waals surface area contributed by atoms with Crippen molar-refractivity contribution in [3.8, 4) is 0 Å². The second kappa shape index (κ2) is 4.58. The normalized spacial score (nSPS) is 21.1. The summed E-state index contributed by atoms with van der Waals surface area (Å²) < 4.78 is 21.1. The molecule has 1 aliphatic rings. The quantitative estimate of drug-likeness (QED) is 0.506. The average molecular weight is 235 g/mol. The lowest BCUT2D eigenvalue weighted by molar-refractivity contribution is -0.125. The molecule has 1 saturated heterocycles. The van der Waals surface area contributed by atoms with Gasteiger partial charge in [-0.1, -0.05) is 0 Å². The molecule has 0 aliphatic carbocycles. The number of carbonyl (C=O) groups is 2. The van der Waals surface area contributed by atoms with Gasteiger partial charge in [0.2, 0.25) is 21.8 Å². The second-order valence-electron chi connectivity index (χ2n) is 3.32. The fourth-order valence-electron chi connectivity index (χ4n) is 1.25. The first-order valence-electron chi connectivity index (χ1n) is 4.46. The van der Waals surface area contributed by atoms with Gasteiger partial charge in [0.05, 0.1) is 5.75 Å². The molecule has 1 heterocycles. The van der Waals surface area contributed by atoms with Crippen LogP contribution < -0.4 is 15.8 Å². The standard InChI is InChI=1S/C7H13N3O4S/c8-15(13,14)4-3-9-7(12)5-1-2-6(11)10-5/h5H,1-4H2,(H,9,12)(H,10,11)(H2,8,13,14). The number of sulfonamides is 1. The summed E-state index contributed by atoms with van der Waals surface area (Å²) in [6.07, 6.45) is 0.771. The molecule has 0 aromatic heterocycles. The summed E-state index contributed by atoms with van der Waals surface area (Å²) in [6, 6.07) is -0.544. The molecule has 86 valence electrons. The summed E-state index contributed by atoms with van der Waals surface area (Å²) >= 11 is 0. The topological polar surface area (TPSA) is 118 Å². The number of hydrogen-bond donors (Lipinski definition) is 3. The molecular weight excluding hydrogens is 222 g/mol. The van der Waals surface area contributed by atoms with E-state index in [4.69, 9.17) is 5.14 Å². The predicted octanol–water partition coefficient (Wildman–Crippen LogP) is -2.33. The van der Waals surface area contributed by atoms with E-state index in [1.54, 1.807) is 0 Å². The third-order valence-corrected chi connectivity index (χ3v) is 2.77. The number of hydrogen-bond acceptors (Lipinski definition) is 4. The Kier molecular flexibility index (Phi) is 3.64. The Hall–Kier alpha value is -1.15.